The number of fused-ring (bicyclic) bond motifs is 1. The lowest BCUT2D eigenvalue weighted by Gasteiger charge is -2.35. The number of pyridine rings is 1. The number of aryl methyl sites for hydroxylation is 1. The van der Waals surface area contributed by atoms with Gasteiger partial charge < -0.3 is 14.5 Å². The highest BCUT2D eigenvalue weighted by Gasteiger charge is 2.28. The Kier molecular flexibility index (Phi) is 7.05. The number of anilines is 1. The molecular weight excluding hydrogens is 494 g/mol. The summed E-state index contributed by atoms with van der Waals surface area (Å²) in [6, 6.07) is 18.8. The molecule has 2 heterocycles. The molecule has 5 rings (SSSR count). The molecule has 1 fully saturated rings. The van der Waals surface area contributed by atoms with Crippen molar-refractivity contribution in [1.82, 2.24) is 14.8 Å². The summed E-state index contributed by atoms with van der Waals surface area (Å²) in [6.07, 6.45) is 1.77. The molecule has 0 bridgehead atoms. The van der Waals surface area contributed by atoms with Gasteiger partial charge in [0, 0.05) is 49.0 Å². The number of carbonyl (C=O) groups is 2. The third kappa shape index (κ3) is 5.13. The molecule has 3 aromatic carbocycles. The van der Waals surface area contributed by atoms with Crippen LogP contribution in [0.15, 0.2) is 77.8 Å². The molecule has 1 aliphatic heterocycles. The maximum atomic E-state index is 14.0. The topological polar surface area (TPSA) is 65.5 Å². The lowest BCUT2D eigenvalue weighted by molar-refractivity contribution is 0.0530. The fraction of sp³-hybridized carbons (Fsp3) is 0.179. The molecule has 0 atom stereocenters. The van der Waals surface area contributed by atoms with Crippen LogP contribution >= 0.6 is 11.9 Å². The molecule has 0 saturated carbocycles. The average Bonchev–Trinajstić information content (AvgIpc) is 2.92. The molecule has 2 amide bonds. The number of aromatic nitrogens is 1. The third-order valence-electron chi connectivity index (χ3n) is 6.37. The van der Waals surface area contributed by atoms with Crippen molar-refractivity contribution in [1.29, 1.82) is 0 Å². The number of hydrogen-bond acceptors (Lipinski definition) is 5. The summed E-state index contributed by atoms with van der Waals surface area (Å²) >= 11 is 1.46. The molecular formula is C28H24F2N4O2S. The van der Waals surface area contributed by atoms with Crippen molar-refractivity contribution < 1.29 is 18.4 Å². The fourth-order valence-corrected chi connectivity index (χ4v) is 5.20. The molecule has 1 aliphatic rings. The quantitative estimate of drug-likeness (QED) is 0.352. The average molecular weight is 519 g/mol. The van der Waals surface area contributed by atoms with Crippen LogP contribution < -0.4 is 4.72 Å². The summed E-state index contributed by atoms with van der Waals surface area (Å²) < 4.78 is 31.4. The number of nitrogens with one attached hydrogen (secondary N) is 1. The van der Waals surface area contributed by atoms with Crippen LogP contribution in [0.2, 0.25) is 0 Å². The normalized spacial score (nSPS) is 13.6. The molecule has 9 heteroatoms. The van der Waals surface area contributed by atoms with Gasteiger partial charge in [-0.1, -0.05) is 24.3 Å². The highest BCUT2D eigenvalue weighted by atomic mass is 32.2. The smallest absolute Gasteiger partial charge is 0.259 e. The molecule has 188 valence electrons. The summed E-state index contributed by atoms with van der Waals surface area (Å²) in [5, 5.41) is 1.06. The van der Waals surface area contributed by atoms with E-state index >= 15 is 0 Å². The van der Waals surface area contributed by atoms with Gasteiger partial charge in [0.2, 0.25) is 0 Å². The van der Waals surface area contributed by atoms with E-state index in [1.807, 2.05) is 49.4 Å². The van der Waals surface area contributed by atoms with Crippen molar-refractivity contribution in [2.24, 2.45) is 0 Å². The molecule has 37 heavy (non-hydrogen) atoms. The highest BCUT2D eigenvalue weighted by molar-refractivity contribution is 8.00. The Morgan fingerprint density at radius 2 is 1.51 bits per heavy atom. The van der Waals surface area contributed by atoms with E-state index in [4.69, 9.17) is 0 Å². The van der Waals surface area contributed by atoms with Crippen molar-refractivity contribution >= 4 is 40.4 Å². The van der Waals surface area contributed by atoms with Gasteiger partial charge in [-0.15, -0.1) is 0 Å². The Labute approximate surface area is 217 Å². The van der Waals surface area contributed by atoms with E-state index in [1.54, 1.807) is 17.2 Å². The Morgan fingerprint density at radius 3 is 2.22 bits per heavy atom. The first kappa shape index (κ1) is 24.7. The largest absolute Gasteiger partial charge is 0.335 e. The van der Waals surface area contributed by atoms with Gasteiger partial charge in [-0.3, -0.25) is 14.6 Å². The molecule has 0 aliphatic carbocycles. The minimum absolute atomic E-state index is 0.148. The summed E-state index contributed by atoms with van der Waals surface area (Å²) in [7, 11) is 0. The maximum absolute atomic E-state index is 14.0. The van der Waals surface area contributed by atoms with Crippen LogP contribution in [0, 0.1) is 18.6 Å². The summed E-state index contributed by atoms with van der Waals surface area (Å²) in [5.74, 6) is -2.62. The van der Waals surface area contributed by atoms with Crippen LogP contribution in [0.3, 0.4) is 0 Å². The molecule has 1 saturated heterocycles. The minimum atomic E-state index is -0.887. The molecule has 4 aromatic rings. The lowest BCUT2D eigenvalue weighted by Crippen LogP contribution is -2.50. The molecule has 0 spiro atoms. The van der Waals surface area contributed by atoms with Gasteiger partial charge in [0.1, 0.15) is 17.2 Å². The number of amides is 2. The van der Waals surface area contributed by atoms with Crippen LogP contribution in [-0.2, 0) is 0 Å². The summed E-state index contributed by atoms with van der Waals surface area (Å²) in [5.41, 5.74) is 2.70. The first-order chi connectivity index (χ1) is 17.9. The first-order valence-corrected chi connectivity index (χ1v) is 12.6. The van der Waals surface area contributed by atoms with Gasteiger partial charge in [-0.2, -0.15) is 0 Å². The van der Waals surface area contributed by atoms with E-state index < -0.39 is 23.1 Å². The van der Waals surface area contributed by atoms with E-state index in [1.165, 1.54) is 22.9 Å². The Bertz CT molecular complexity index is 1460. The number of para-hydroxylation sites is 1. The molecule has 1 N–H and O–H groups in total. The van der Waals surface area contributed by atoms with Gasteiger partial charge >= 0.3 is 0 Å². The minimum Gasteiger partial charge on any atom is -0.335 e. The monoisotopic (exact) mass is 518 g/mol. The maximum Gasteiger partial charge on any atom is 0.259 e. The summed E-state index contributed by atoms with van der Waals surface area (Å²) in [4.78, 5) is 34.3. The van der Waals surface area contributed by atoms with Gasteiger partial charge in [0.05, 0.1) is 10.4 Å². The van der Waals surface area contributed by atoms with E-state index in [-0.39, 0.29) is 32.1 Å². The second-order valence-corrected chi connectivity index (χ2v) is 9.59. The third-order valence-corrected chi connectivity index (χ3v) is 7.24. The van der Waals surface area contributed by atoms with Crippen LogP contribution in [0.1, 0.15) is 26.3 Å². The molecule has 6 nitrogen and oxygen atoms in total. The number of carbonyl (C=O) groups excluding carboxylic acids is 2. The Morgan fingerprint density at radius 1 is 0.865 bits per heavy atom. The van der Waals surface area contributed by atoms with Gasteiger partial charge in [0.25, 0.3) is 11.8 Å². The van der Waals surface area contributed by atoms with E-state index in [0.29, 0.717) is 5.56 Å². The Hall–Kier alpha value is -3.98. The summed E-state index contributed by atoms with van der Waals surface area (Å²) in [6.45, 7) is 2.90. The van der Waals surface area contributed by atoms with Crippen molar-refractivity contribution in [3.05, 3.63) is 101 Å². The number of rotatable bonds is 5. The van der Waals surface area contributed by atoms with E-state index in [9.17, 15) is 18.4 Å². The first-order valence-electron chi connectivity index (χ1n) is 11.8. The van der Waals surface area contributed by atoms with E-state index in [2.05, 4.69) is 9.71 Å². The SMILES string of the molecule is Cc1cc(C(=O)N2CCN(C(=O)c3c(F)cccc3F)CC2)ccc1NSc1cccc2cccnc12. The second kappa shape index (κ2) is 10.6. The Balaban J connectivity index is 1.21. The number of benzene rings is 3. The zero-order valence-electron chi connectivity index (χ0n) is 20.1. The van der Waals surface area contributed by atoms with Gasteiger partial charge in [0.15, 0.2) is 0 Å². The number of nitrogens with zero attached hydrogens (tertiary/aromatic N) is 3. The van der Waals surface area contributed by atoms with Crippen molar-refractivity contribution in [3.8, 4) is 0 Å². The number of piperazine rings is 1. The molecule has 1 aromatic heterocycles. The predicted octanol–water partition coefficient (Wildman–Crippen LogP) is 5.54. The zero-order valence-corrected chi connectivity index (χ0v) is 20.9. The van der Waals surface area contributed by atoms with Crippen molar-refractivity contribution in [2.75, 3.05) is 30.9 Å². The van der Waals surface area contributed by atoms with Crippen LogP contribution in [0.25, 0.3) is 10.9 Å². The fourth-order valence-electron chi connectivity index (χ4n) is 4.34. The van der Waals surface area contributed by atoms with Crippen molar-refractivity contribution in [3.63, 3.8) is 0 Å². The van der Waals surface area contributed by atoms with Crippen LogP contribution in [-0.4, -0.2) is 52.8 Å². The van der Waals surface area contributed by atoms with Crippen LogP contribution in [0.4, 0.5) is 14.5 Å². The number of halogens is 2. The molecule has 0 unspecified atom stereocenters. The standard InChI is InChI=1S/C28H24F2N4O2S/c1-18-17-20(10-11-23(18)32-37-24-9-2-5-19-6-4-12-31-26(19)24)27(35)33-13-15-34(16-14-33)28(36)25-21(29)7-3-8-22(25)30/h2-12,17,32H,13-16H2,1H3. The number of hydrogen-bond donors (Lipinski definition) is 1. The zero-order chi connectivity index (χ0) is 25.9. The lowest BCUT2D eigenvalue weighted by atomic mass is 10.1. The highest BCUT2D eigenvalue weighted by Crippen LogP contribution is 2.29. The van der Waals surface area contributed by atoms with Crippen molar-refractivity contribution in [2.45, 2.75) is 11.8 Å². The predicted molar refractivity (Wildman–Crippen MR) is 141 cm³/mol. The molecule has 0 radical (unpaired) electrons. The van der Waals surface area contributed by atoms with Gasteiger partial charge in [-0.05, 0) is 66.9 Å². The van der Waals surface area contributed by atoms with E-state index in [0.717, 1.165) is 39.2 Å². The second-order valence-electron chi connectivity index (χ2n) is 8.75. The van der Waals surface area contributed by atoms with Crippen LogP contribution in [0.5, 0.6) is 0 Å². The van der Waals surface area contributed by atoms with Gasteiger partial charge in [-0.25, -0.2) is 8.78 Å².